The van der Waals surface area contributed by atoms with Gasteiger partial charge in [-0.3, -0.25) is 9.78 Å². The Kier molecular flexibility index (Phi) is 8.60. The Morgan fingerprint density at radius 2 is 1.71 bits per heavy atom. The summed E-state index contributed by atoms with van der Waals surface area (Å²) in [5.74, 6) is 2.57. The number of hydrogen-bond donors (Lipinski definition) is 0. The lowest BCUT2D eigenvalue weighted by molar-refractivity contribution is 0.103. The van der Waals surface area contributed by atoms with Crippen LogP contribution in [0.5, 0.6) is 28.7 Å². The van der Waals surface area contributed by atoms with Crippen molar-refractivity contribution in [2.24, 2.45) is 0 Å². The number of aromatic nitrogens is 1. The van der Waals surface area contributed by atoms with Crippen LogP contribution in [-0.2, 0) is 0 Å². The number of pyridine rings is 1. The summed E-state index contributed by atoms with van der Waals surface area (Å²) in [7, 11) is 4.73. The second-order valence-electron chi connectivity index (χ2n) is 7.38. The predicted octanol–water partition coefficient (Wildman–Crippen LogP) is 7.19. The zero-order valence-electron chi connectivity index (χ0n) is 20.3. The van der Waals surface area contributed by atoms with Gasteiger partial charge in [-0.25, -0.2) is 0 Å². The highest BCUT2D eigenvalue weighted by Crippen LogP contribution is 2.39. The van der Waals surface area contributed by atoms with Gasteiger partial charge < -0.3 is 18.9 Å². The van der Waals surface area contributed by atoms with Crippen molar-refractivity contribution >= 4 is 28.4 Å². The summed E-state index contributed by atoms with van der Waals surface area (Å²) in [4.78, 5) is 18.8. The lowest BCUT2D eigenvalue weighted by Gasteiger charge is -2.16. The van der Waals surface area contributed by atoms with Crippen LogP contribution in [0.15, 0.2) is 64.6 Å². The SMILES string of the molecule is C/C=C\S/C(C(=O)c1cc(OC)ccc1Oc1ccnc2cc(OC)c(OC)cc12)=C(\C)CC. The smallest absolute Gasteiger partial charge is 0.203 e. The standard InChI is InChI=1S/C27H29NO5S/c1-7-13-34-27(17(3)8-2)26(29)20-14-18(30-4)9-10-22(20)33-23-11-12-28-21-16-25(32-6)24(31-5)15-19(21)23/h7,9-16H,8H2,1-6H3/b13-7-,27-17+. The molecule has 2 aromatic carbocycles. The lowest BCUT2D eigenvalue weighted by atomic mass is 10.1. The van der Waals surface area contributed by atoms with Gasteiger partial charge in [-0.15, -0.1) is 0 Å². The predicted molar refractivity (Wildman–Crippen MR) is 138 cm³/mol. The van der Waals surface area contributed by atoms with E-state index in [9.17, 15) is 4.79 Å². The molecule has 3 aromatic rings. The molecule has 0 saturated heterocycles. The fraction of sp³-hybridized carbons (Fsp3) is 0.259. The summed E-state index contributed by atoms with van der Waals surface area (Å²) in [5.41, 5.74) is 2.11. The molecular weight excluding hydrogens is 450 g/mol. The number of allylic oxidation sites excluding steroid dienone is 3. The number of carbonyl (C=O) groups is 1. The van der Waals surface area contributed by atoms with E-state index in [2.05, 4.69) is 4.98 Å². The molecule has 0 N–H and O–H groups in total. The fourth-order valence-corrected chi connectivity index (χ4v) is 4.16. The highest BCUT2D eigenvalue weighted by atomic mass is 32.2. The highest BCUT2D eigenvalue weighted by Gasteiger charge is 2.21. The normalized spacial score (nSPS) is 11.9. The Hall–Kier alpha value is -3.45. The van der Waals surface area contributed by atoms with Crippen LogP contribution in [0.4, 0.5) is 0 Å². The number of benzene rings is 2. The van der Waals surface area contributed by atoms with Crippen molar-refractivity contribution in [1.29, 1.82) is 0 Å². The monoisotopic (exact) mass is 479 g/mol. The van der Waals surface area contributed by atoms with Crippen molar-refractivity contribution in [1.82, 2.24) is 4.98 Å². The Morgan fingerprint density at radius 1 is 0.971 bits per heavy atom. The Labute approximate surface area is 204 Å². The molecule has 0 saturated carbocycles. The van der Waals surface area contributed by atoms with E-state index in [1.165, 1.54) is 11.8 Å². The summed E-state index contributed by atoms with van der Waals surface area (Å²) < 4.78 is 22.6. The number of fused-ring (bicyclic) bond motifs is 1. The zero-order valence-corrected chi connectivity index (χ0v) is 21.1. The maximum atomic E-state index is 13.7. The van der Waals surface area contributed by atoms with Crippen LogP contribution in [0.25, 0.3) is 10.9 Å². The molecule has 1 heterocycles. The lowest BCUT2D eigenvalue weighted by Crippen LogP contribution is -2.06. The molecule has 0 bridgehead atoms. The molecule has 7 heteroatoms. The average molecular weight is 480 g/mol. The van der Waals surface area contributed by atoms with E-state index in [0.29, 0.717) is 44.7 Å². The first-order chi connectivity index (χ1) is 16.5. The van der Waals surface area contributed by atoms with E-state index in [0.717, 1.165) is 17.4 Å². The first kappa shape index (κ1) is 25.2. The van der Waals surface area contributed by atoms with Crippen molar-refractivity contribution in [3.05, 3.63) is 70.1 Å². The molecule has 3 rings (SSSR count). The molecule has 6 nitrogen and oxygen atoms in total. The molecule has 0 atom stereocenters. The van der Waals surface area contributed by atoms with Crippen LogP contribution in [0, 0.1) is 0 Å². The van der Waals surface area contributed by atoms with E-state index in [-0.39, 0.29) is 5.78 Å². The van der Waals surface area contributed by atoms with Gasteiger partial charge in [0.05, 0.1) is 37.3 Å². The summed E-state index contributed by atoms with van der Waals surface area (Å²) >= 11 is 1.41. The summed E-state index contributed by atoms with van der Waals surface area (Å²) in [6, 6.07) is 10.6. The molecule has 34 heavy (non-hydrogen) atoms. The summed E-state index contributed by atoms with van der Waals surface area (Å²) in [6.07, 6.45) is 4.33. The summed E-state index contributed by atoms with van der Waals surface area (Å²) in [6.45, 7) is 5.93. The quantitative estimate of drug-likeness (QED) is 0.225. The number of hydrogen-bond acceptors (Lipinski definition) is 7. The Bertz CT molecular complexity index is 1250. The second-order valence-corrected chi connectivity index (χ2v) is 8.29. The van der Waals surface area contributed by atoms with Gasteiger partial charge in [-0.1, -0.05) is 30.3 Å². The number of thioether (sulfide) groups is 1. The van der Waals surface area contributed by atoms with Crippen molar-refractivity contribution in [2.45, 2.75) is 27.2 Å². The van der Waals surface area contributed by atoms with Crippen molar-refractivity contribution in [3.63, 3.8) is 0 Å². The molecule has 0 aliphatic rings. The van der Waals surface area contributed by atoms with Crippen LogP contribution in [0.2, 0.25) is 0 Å². The number of ether oxygens (including phenoxy) is 4. The van der Waals surface area contributed by atoms with Crippen LogP contribution < -0.4 is 18.9 Å². The number of methoxy groups -OCH3 is 3. The van der Waals surface area contributed by atoms with Gasteiger partial charge in [0.2, 0.25) is 5.78 Å². The van der Waals surface area contributed by atoms with E-state index in [1.807, 2.05) is 38.3 Å². The molecular formula is C27H29NO5S. The highest BCUT2D eigenvalue weighted by molar-refractivity contribution is 8.06. The molecule has 178 valence electrons. The van der Waals surface area contributed by atoms with E-state index >= 15 is 0 Å². The third kappa shape index (κ3) is 5.37. The van der Waals surface area contributed by atoms with E-state index in [1.54, 1.807) is 57.9 Å². The van der Waals surface area contributed by atoms with E-state index in [4.69, 9.17) is 18.9 Å². The van der Waals surface area contributed by atoms with Crippen molar-refractivity contribution in [2.75, 3.05) is 21.3 Å². The molecule has 0 aliphatic heterocycles. The van der Waals surface area contributed by atoms with Gasteiger partial charge in [0.25, 0.3) is 0 Å². The van der Waals surface area contributed by atoms with Crippen molar-refractivity contribution < 1.29 is 23.7 Å². The van der Waals surface area contributed by atoms with Crippen LogP contribution >= 0.6 is 11.8 Å². The van der Waals surface area contributed by atoms with Gasteiger partial charge >= 0.3 is 0 Å². The number of Topliss-reactive ketones (excluding diaryl/α,β-unsaturated/α-hetero) is 1. The Balaban J connectivity index is 2.13. The largest absolute Gasteiger partial charge is 0.497 e. The number of ketones is 1. The zero-order chi connectivity index (χ0) is 24.7. The van der Waals surface area contributed by atoms with Gasteiger partial charge in [-0.2, -0.15) is 0 Å². The number of nitrogens with zero attached hydrogens (tertiary/aromatic N) is 1. The minimum absolute atomic E-state index is 0.117. The first-order valence-electron chi connectivity index (χ1n) is 10.9. The van der Waals surface area contributed by atoms with Crippen LogP contribution in [-0.4, -0.2) is 32.1 Å². The maximum absolute atomic E-state index is 13.7. The third-order valence-corrected chi connectivity index (χ3v) is 6.48. The third-order valence-electron chi connectivity index (χ3n) is 5.30. The molecule has 0 spiro atoms. The minimum Gasteiger partial charge on any atom is -0.497 e. The molecule has 0 fully saturated rings. The maximum Gasteiger partial charge on any atom is 0.203 e. The molecule has 0 radical (unpaired) electrons. The summed E-state index contributed by atoms with van der Waals surface area (Å²) in [5, 5.41) is 2.64. The van der Waals surface area contributed by atoms with Crippen LogP contribution in [0.1, 0.15) is 37.6 Å². The molecule has 0 amide bonds. The Morgan fingerprint density at radius 3 is 2.35 bits per heavy atom. The van der Waals surface area contributed by atoms with Gasteiger partial charge in [-0.05, 0) is 56.0 Å². The van der Waals surface area contributed by atoms with E-state index < -0.39 is 0 Å². The molecule has 0 unspecified atom stereocenters. The second kappa shape index (κ2) is 11.6. The van der Waals surface area contributed by atoms with Gasteiger partial charge in [0, 0.05) is 17.6 Å². The minimum atomic E-state index is -0.117. The molecule has 0 aliphatic carbocycles. The molecule has 1 aromatic heterocycles. The number of rotatable bonds is 10. The van der Waals surface area contributed by atoms with Crippen molar-refractivity contribution in [3.8, 4) is 28.7 Å². The van der Waals surface area contributed by atoms with Gasteiger partial charge in [0.1, 0.15) is 17.2 Å². The van der Waals surface area contributed by atoms with Crippen LogP contribution in [0.3, 0.4) is 0 Å². The van der Waals surface area contributed by atoms with Gasteiger partial charge in [0.15, 0.2) is 11.5 Å². The first-order valence-corrected chi connectivity index (χ1v) is 11.7. The average Bonchev–Trinajstić information content (AvgIpc) is 2.87. The topological polar surface area (TPSA) is 66.9 Å². The fourth-order valence-electron chi connectivity index (χ4n) is 3.32. The number of carbonyl (C=O) groups excluding carboxylic acids is 1.